The number of allylic oxidation sites excluding steroid dienone is 1. The lowest BCUT2D eigenvalue weighted by Crippen LogP contribution is -2.58. The molecule has 1 saturated heterocycles. The van der Waals surface area contributed by atoms with Gasteiger partial charge in [-0.1, -0.05) is 97.6 Å². The van der Waals surface area contributed by atoms with Crippen LogP contribution in [-0.4, -0.2) is 32.0 Å². The second-order valence-corrected chi connectivity index (χ2v) is 21.8. The molecule has 4 rings (SSSR count). The Bertz CT molecular complexity index is 1420. The summed E-state index contributed by atoms with van der Waals surface area (Å²) >= 11 is 0. The maximum Gasteiger partial charge on any atom is 0.154 e. The van der Waals surface area contributed by atoms with Crippen LogP contribution in [0.1, 0.15) is 80.5 Å². The quantitative estimate of drug-likeness (QED) is 0.238. The summed E-state index contributed by atoms with van der Waals surface area (Å²) in [5.41, 5.74) is 0.113. The Balaban J connectivity index is 2.14. The SMILES string of the molecule is C=C(C(c1ccccc1)P(=O)(c1ccccc1)c1ccccc1)P1(=NC(C)C)N(C(C)(C)C)P(NC(C)C)N1C(C)(C)C. The van der Waals surface area contributed by atoms with Crippen molar-refractivity contribution in [3.8, 4) is 0 Å². The van der Waals surface area contributed by atoms with Crippen molar-refractivity contribution in [3.05, 3.63) is 108 Å². The zero-order chi connectivity index (χ0) is 31.8. The molecule has 3 aromatic rings. The molecule has 0 bridgehead atoms. The first-order valence-electron chi connectivity index (χ1n) is 15.3. The topological polar surface area (TPSA) is 47.9 Å². The van der Waals surface area contributed by atoms with Gasteiger partial charge in [0.15, 0.2) is 7.14 Å². The Hall–Kier alpha value is -1.83. The Morgan fingerprint density at radius 1 is 0.767 bits per heavy atom. The van der Waals surface area contributed by atoms with Gasteiger partial charge in [-0.15, -0.1) is 0 Å². The average molecular weight is 637 g/mol. The zero-order valence-corrected chi connectivity index (χ0v) is 30.4. The van der Waals surface area contributed by atoms with Gasteiger partial charge in [0.1, 0.15) is 15.7 Å². The Labute approximate surface area is 262 Å². The number of benzene rings is 3. The fourth-order valence-electron chi connectivity index (χ4n) is 6.01. The lowest BCUT2D eigenvalue weighted by molar-refractivity contribution is 0.270. The molecule has 232 valence electrons. The van der Waals surface area contributed by atoms with Gasteiger partial charge < -0.3 is 4.57 Å². The lowest BCUT2D eigenvalue weighted by Gasteiger charge is -2.69. The molecule has 3 aromatic carbocycles. The summed E-state index contributed by atoms with van der Waals surface area (Å²) in [6, 6.07) is 30.8. The minimum atomic E-state index is -3.33. The summed E-state index contributed by atoms with van der Waals surface area (Å²) in [7, 11) is -6.90. The second-order valence-electron chi connectivity index (χ2n) is 13.9. The third-order valence-electron chi connectivity index (χ3n) is 7.31. The van der Waals surface area contributed by atoms with Crippen LogP contribution in [0.15, 0.2) is 108 Å². The summed E-state index contributed by atoms with van der Waals surface area (Å²) < 4.78 is 27.3. The van der Waals surface area contributed by atoms with Crippen LogP contribution in [0, 0.1) is 0 Å². The largest absolute Gasteiger partial charge is 0.313 e. The molecule has 0 aliphatic carbocycles. The minimum absolute atomic E-state index is 0.0558. The van der Waals surface area contributed by atoms with Crippen molar-refractivity contribution < 1.29 is 4.57 Å². The van der Waals surface area contributed by atoms with Crippen LogP contribution in [0.3, 0.4) is 0 Å². The fraction of sp³-hybridized carbons (Fsp3) is 0.429. The van der Waals surface area contributed by atoms with Gasteiger partial charge in [0, 0.05) is 39.1 Å². The molecule has 1 aliphatic rings. The van der Waals surface area contributed by atoms with Gasteiger partial charge in [-0.3, -0.25) is 9.83 Å². The number of nitrogens with one attached hydrogen (secondary N) is 1. The molecule has 0 aromatic heterocycles. The van der Waals surface area contributed by atoms with E-state index < -0.39 is 28.5 Å². The van der Waals surface area contributed by atoms with Crippen molar-refractivity contribution in [2.45, 2.75) is 98.1 Å². The highest BCUT2D eigenvalue weighted by Gasteiger charge is 2.64. The molecule has 0 amide bonds. The highest BCUT2D eigenvalue weighted by atomic mass is 31.3. The molecular weight excluding hydrogens is 585 g/mol. The van der Waals surface area contributed by atoms with E-state index in [1.807, 2.05) is 66.7 Å². The van der Waals surface area contributed by atoms with E-state index in [1.165, 1.54) is 0 Å². The second kappa shape index (κ2) is 12.9. The number of hydrogen-bond donors (Lipinski definition) is 1. The maximum absolute atomic E-state index is 16.3. The molecule has 1 fully saturated rings. The molecule has 1 aliphatic heterocycles. The van der Waals surface area contributed by atoms with E-state index >= 15 is 4.57 Å². The fourth-order valence-corrected chi connectivity index (χ4v) is 19.5. The van der Waals surface area contributed by atoms with Gasteiger partial charge in [-0.25, -0.2) is 8.88 Å². The van der Waals surface area contributed by atoms with E-state index in [9.17, 15) is 0 Å². The van der Waals surface area contributed by atoms with Crippen LogP contribution in [0.4, 0.5) is 0 Å². The van der Waals surface area contributed by atoms with E-state index in [1.54, 1.807) is 0 Å². The summed E-state index contributed by atoms with van der Waals surface area (Å²) in [4.78, 5) is 0. The Morgan fingerprint density at radius 2 is 1.16 bits per heavy atom. The summed E-state index contributed by atoms with van der Waals surface area (Å²) in [6.45, 7) is 27.5. The molecule has 1 N–H and O–H groups in total. The molecule has 1 atom stereocenters. The van der Waals surface area contributed by atoms with Crippen LogP contribution in [0.2, 0.25) is 0 Å². The molecule has 0 radical (unpaired) electrons. The van der Waals surface area contributed by atoms with Crippen LogP contribution < -0.4 is 15.7 Å². The first-order valence-corrected chi connectivity index (χ1v) is 20.0. The summed E-state index contributed by atoms with van der Waals surface area (Å²) in [6.07, 6.45) is 0. The summed E-state index contributed by atoms with van der Waals surface area (Å²) in [5.74, 6) is 0. The minimum Gasteiger partial charge on any atom is -0.313 e. The van der Waals surface area contributed by atoms with Gasteiger partial charge in [0.25, 0.3) is 0 Å². The van der Waals surface area contributed by atoms with E-state index in [-0.39, 0.29) is 17.1 Å². The molecule has 1 unspecified atom stereocenters. The molecule has 5 nitrogen and oxygen atoms in total. The first kappa shape index (κ1) is 34.1. The summed E-state index contributed by atoms with van der Waals surface area (Å²) in [5, 5.41) is 6.57. The van der Waals surface area contributed by atoms with Gasteiger partial charge in [-0.05, 0) is 74.8 Å². The van der Waals surface area contributed by atoms with E-state index in [2.05, 4.69) is 107 Å². The van der Waals surface area contributed by atoms with Gasteiger partial charge >= 0.3 is 0 Å². The monoisotopic (exact) mass is 636 g/mol. The number of nitrogens with zero attached hydrogens (tertiary/aromatic N) is 3. The van der Waals surface area contributed by atoms with Gasteiger partial charge in [0.05, 0.1) is 5.66 Å². The molecule has 0 saturated carbocycles. The van der Waals surface area contributed by atoms with Gasteiger partial charge in [-0.2, -0.15) is 0 Å². The average Bonchev–Trinajstić information content (AvgIpc) is 2.91. The smallest absolute Gasteiger partial charge is 0.154 e. The Morgan fingerprint density at radius 3 is 1.51 bits per heavy atom. The van der Waals surface area contributed by atoms with Crippen molar-refractivity contribution in [2.75, 3.05) is 0 Å². The third kappa shape index (κ3) is 6.46. The van der Waals surface area contributed by atoms with Crippen molar-refractivity contribution in [2.24, 2.45) is 4.74 Å². The van der Waals surface area contributed by atoms with E-state index in [0.717, 1.165) is 21.5 Å². The molecule has 8 heteroatoms. The number of hydrogen-bond acceptors (Lipinski definition) is 3. The maximum atomic E-state index is 16.3. The van der Waals surface area contributed by atoms with E-state index in [0.29, 0.717) is 6.04 Å². The van der Waals surface area contributed by atoms with E-state index in [4.69, 9.17) is 11.3 Å². The normalized spacial score (nSPS) is 21.1. The van der Waals surface area contributed by atoms with Gasteiger partial charge in [0.2, 0.25) is 0 Å². The molecule has 43 heavy (non-hydrogen) atoms. The van der Waals surface area contributed by atoms with Crippen molar-refractivity contribution >= 4 is 33.5 Å². The van der Waals surface area contributed by atoms with Crippen molar-refractivity contribution in [1.29, 1.82) is 0 Å². The van der Waals surface area contributed by atoms with Crippen LogP contribution in [0.5, 0.6) is 0 Å². The van der Waals surface area contributed by atoms with Crippen LogP contribution >= 0.6 is 22.9 Å². The Kier molecular flexibility index (Phi) is 10.2. The van der Waals surface area contributed by atoms with Crippen LogP contribution in [-0.2, 0) is 4.57 Å². The zero-order valence-electron chi connectivity index (χ0n) is 27.7. The van der Waals surface area contributed by atoms with Crippen molar-refractivity contribution in [3.63, 3.8) is 0 Å². The first-order chi connectivity index (χ1) is 20.1. The predicted octanol–water partition coefficient (Wildman–Crippen LogP) is 10.1. The molecule has 0 spiro atoms. The highest BCUT2D eigenvalue weighted by Crippen LogP contribution is 2.91. The highest BCUT2D eigenvalue weighted by molar-refractivity contribution is 7.89. The molecular formula is C35H51N4OP3. The third-order valence-corrected chi connectivity index (χ3v) is 20.2. The number of rotatable bonds is 9. The molecule has 1 heterocycles. The van der Waals surface area contributed by atoms with Crippen LogP contribution in [0.25, 0.3) is 0 Å². The standard InChI is InChI=1S/C35H51N4OP3/c1-27(2)36-41-38(34(6,7)8)43(37-28(3)4,39(41)35(9,10)11)29(5)33(30-21-15-12-16-22-30)42(40,31-23-17-13-18-24-31)32-25-19-14-20-26-32/h12-28,33,36H,5H2,1-4,6-11H3. The lowest BCUT2D eigenvalue weighted by atomic mass is 10.1. The van der Waals surface area contributed by atoms with Crippen molar-refractivity contribution in [1.82, 2.24) is 14.0 Å². The predicted molar refractivity (Wildman–Crippen MR) is 191 cm³/mol.